The predicted octanol–water partition coefficient (Wildman–Crippen LogP) is 2.47. The Kier molecular flexibility index (Phi) is 3.33. The third kappa shape index (κ3) is 2.45. The van der Waals surface area contributed by atoms with Gasteiger partial charge in [0, 0.05) is 10.9 Å². The number of nitrogens with one attached hydrogen (secondary N) is 1. The molecule has 0 aliphatic rings. The number of hydrogen-bond acceptors (Lipinski definition) is 5. The maximum absolute atomic E-state index is 12.9. The number of rotatable bonds is 2. The van der Waals surface area contributed by atoms with Crippen LogP contribution in [-0.2, 0) is 9.84 Å². The van der Waals surface area contributed by atoms with Crippen LogP contribution < -0.4 is 11.2 Å². The van der Waals surface area contributed by atoms with E-state index < -0.39 is 30.8 Å². The highest BCUT2D eigenvalue weighted by Gasteiger charge is 2.26. The molecule has 0 amide bonds. The molecule has 2 heterocycles. The summed E-state index contributed by atoms with van der Waals surface area (Å²) in [6, 6.07) is 15.8. The lowest BCUT2D eigenvalue weighted by molar-refractivity contribution is 0.532. The van der Waals surface area contributed by atoms with Crippen molar-refractivity contribution in [3.8, 4) is 0 Å². The number of aromatic nitrogens is 1. The SMILES string of the molecule is O=c1[nH]c2ccccc2cc1S(=O)(=O)c1cc2ccccc2oc1=O. The molecule has 2 aromatic carbocycles. The lowest BCUT2D eigenvalue weighted by Crippen LogP contribution is -2.22. The highest BCUT2D eigenvalue weighted by Crippen LogP contribution is 2.21. The fourth-order valence-electron chi connectivity index (χ4n) is 2.68. The molecule has 6 nitrogen and oxygen atoms in total. The van der Waals surface area contributed by atoms with E-state index in [1.165, 1.54) is 12.1 Å². The van der Waals surface area contributed by atoms with Crippen molar-refractivity contribution in [3.05, 3.63) is 81.4 Å². The summed E-state index contributed by atoms with van der Waals surface area (Å²) < 4.78 is 30.8. The molecule has 0 saturated heterocycles. The monoisotopic (exact) mass is 353 g/mol. The van der Waals surface area contributed by atoms with Gasteiger partial charge in [-0.15, -0.1) is 0 Å². The van der Waals surface area contributed by atoms with Gasteiger partial charge in [0.05, 0.1) is 0 Å². The van der Waals surface area contributed by atoms with Gasteiger partial charge in [0.15, 0.2) is 4.90 Å². The fraction of sp³-hybridized carbons (Fsp3) is 0. The zero-order chi connectivity index (χ0) is 17.6. The molecule has 0 aliphatic heterocycles. The van der Waals surface area contributed by atoms with Crippen LogP contribution in [0, 0.1) is 0 Å². The molecular formula is C18H11NO5S. The minimum absolute atomic E-state index is 0.277. The minimum atomic E-state index is -4.33. The summed E-state index contributed by atoms with van der Waals surface area (Å²) in [5, 5.41) is 1.00. The number of sulfone groups is 1. The van der Waals surface area contributed by atoms with Crippen molar-refractivity contribution < 1.29 is 12.8 Å². The molecule has 0 saturated carbocycles. The minimum Gasteiger partial charge on any atom is -0.422 e. The smallest absolute Gasteiger partial charge is 0.355 e. The molecule has 2 aromatic heterocycles. The molecule has 4 rings (SSSR count). The third-order valence-corrected chi connectivity index (χ3v) is 5.65. The molecule has 4 aromatic rings. The normalized spacial score (nSPS) is 11.8. The van der Waals surface area contributed by atoms with Crippen molar-refractivity contribution in [3.63, 3.8) is 0 Å². The second kappa shape index (κ2) is 5.42. The molecule has 7 heteroatoms. The molecule has 0 aliphatic carbocycles. The van der Waals surface area contributed by atoms with E-state index >= 15 is 0 Å². The van der Waals surface area contributed by atoms with Gasteiger partial charge in [0.25, 0.3) is 5.56 Å². The second-order valence-corrected chi connectivity index (χ2v) is 7.38. The van der Waals surface area contributed by atoms with Crippen molar-refractivity contribution >= 4 is 31.7 Å². The zero-order valence-electron chi connectivity index (χ0n) is 12.7. The number of pyridine rings is 1. The number of hydrogen-bond donors (Lipinski definition) is 1. The van der Waals surface area contributed by atoms with Crippen molar-refractivity contribution in [2.45, 2.75) is 9.79 Å². The number of H-pyrrole nitrogens is 1. The molecule has 25 heavy (non-hydrogen) atoms. The highest BCUT2D eigenvalue weighted by atomic mass is 32.2. The molecule has 0 fully saturated rings. The first-order valence-electron chi connectivity index (χ1n) is 7.37. The molecule has 0 radical (unpaired) electrons. The topological polar surface area (TPSA) is 97.2 Å². The Balaban J connectivity index is 2.02. The first kappa shape index (κ1) is 15.3. The van der Waals surface area contributed by atoms with Gasteiger partial charge in [0.2, 0.25) is 9.84 Å². The summed E-state index contributed by atoms with van der Waals surface area (Å²) in [7, 11) is -4.33. The van der Waals surface area contributed by atoms with Crippen molar-refractivity contribution in [2.24, 2.45) is 0 Å². The van der Waals surface area contributed by atoms with Crippen LogP contribution in [0.25, 0.3) is 21.9 Å². The predicted molar refractivity (Wildman–Crippen MR) is 92.5 cm³/mol. The molecular weight excluding hydrogens is 342 g/mol. The quantitative estimate of drug-likeness (QED) is 0.558. The van der Waals surface area contributed by atoms with Gasteiger partial charge in [-0.1, -0.05) is 36.4 Å². The van der Waals surface area contributed by atoms with Crippen LogP contribution in [0.1, 0.15) is 0 Å². The number of benzene rings is 2. The molecule has 124 valence electrons. The van der Waals surface area contributed by atoms with Gasteiger partial charge < -0.3 is 9.40 Å². The molecule has 0 bridgehead atoms. The Morgan fingerprint density at radius 1 is 0.800 bits per heavy atom. The average Bonchev–Trinajstić information content (AvgIpc) is 2.60. The van der Waals surface area contributed by atoms with E-state index in [-0.39, 0.29) is 5.58 Å². The average molecular weight is 353 g/mol. The summed E-state index contributed by atoms with van der Waals surface area (Å²) in [6.45, 7) is 0. The fourth-order valence-corrected chi connectivity index (χ4v) is 4.03. The molecule has 0 atom stereocenters. The Morgan fingerprint density at radius 2 is 1.44 bits per heavy atom. The maximum atomic E-state index is 12.9. The Morgan fingerprint density at radius 3 is 2.24 bits per heavy atom. The Hall–Kier alpha value is -3.19. The number of aromatic amines is 1. The van der Waals surface area contributed by atoms with Crippen LogP contribution >= 0.6 is 0 Å². The van der Waals surface area contributed by atoms with Crippen LogP contribution in [0.5, 0.6) is 0 Å². The Labute approximate surface area is 141 Å². The van der Waals surface area contributed by atoms with E-state index in [9.17, 15) is 18.0 Å². The van der Waals surface area contributed by atoms with Gasteiger partial charge in [-0.2, -0.15) is 0 Å². The molecule has 1 N–H and O–H groups in total. The van der Waals surface area contributed by atoms with Crippen molar-refractivity contribution in [2.75, 3.05) is 0 Å². The van der Waals surface area contributed by atoms with Crippen LogP contribution in [0.4, 0.5) is 0 Å². The standard InChI is InChI=1S/C18H11NO5S/c20-17-15(9-11-5-1-3-7-13(11)19-17)25(22,23)16-10-12-6-2-4-8-14(12)24-18(16)21/h1-10H,(H,19,20). The zero-order valence-corrected chi connectivity index (χ0v) is 13.5. The van der Waals surface area contributed by atoms with Crippen molar-refractivity contribution in [1.29, 1.82) is 0 Å². The Bertz CT molecular complexity index is 1250. The summed E-state index contributed by atoms with van der Waals surface area (Å²) in [5.74, 6) is 0. The van der Waals surface area contributed by atoms with E-state index in [0.717, 1.165) is 0 Å². The van der Waals surface area contributed by atoms with E-state index in [1.54, 1.807) is 48.5 Å². The van der Waals surface area contributed by atoms with Gasteiger partial charge in [-0.05, 0) is 29.7 Å². The summed E-state index contributed by atoms with van der Waals surface area (Å²) in [6.07, 6.45) is 0. The third-order valence-electron chi connectivity index (χ3n) is 3.91. The summed E-state index contributed by atoms with van der Waals surface area (Å²) in [4.78, 5) is 25.9. The van der Waals surface area contributed by atoms with Gasteiger partial charge in [-0.3, -0.25) is 4.79 Å². The highest BCUT2D eigenvalue weighted by molar-refractivity contribution is 7.91. The van der Waals surface area contributed by atoms with Crippen LogP contribution in [0.2, 0.25) is 0 Å². The first-order valence-corrected chi connectivity index (χ1v) is 8.85. The second-order valence-electron chi connectivity index (χ2n) is 5.49. The number of para-hydroxylation sites is 2. The molecule has 0 unspecified atom stereocenters. The van der Waals surface area contributed by atoms with E-state index in [0.29, 0.717) is 16.3 Å². The lowest BCUT2D eigenvalue weighted by Gasteiger charge is -2.05. The van der Waals surface area contributed by atoms with E-state index in [4.69, 9.17) is 4.42 Å². The maximum Gasteiger partial charge on any atom is 0.355 e. The van der Waals surface area contributed by atoms with Gasteiger partial charge >= 0.3 is 5.63 Å². The largest absolute Gasteiger partial charge is 0.422 e. The lowest BCUT2D eigenvalue weighted by atomic mass is 10.2. The first-order chi connectivity index (χ1) is 12.0. The van der Waals surface area contributed by atoms with Crippen LogP contribution in [0.3, 0.4) is 0 Å². The summed E-state index contributed by atoms with van der Waals surface area (Å²) >= 11 is 0. The number of fused-ring (bicyclic) bond motifs is 2. The van der Waals surface area contributed by atoms with Crippen molar-refractivity contribution in [1.82, 2.24) is 4.98 Å². The van der Waals surface area contributed by atoms with Crippen LogP contribution in [-0.4, -0.2) is 13.4 Å². The van der Waals surface area contributed by atoms with Gasteiger partial charge in [0.1, 0.15) is 10.5 Å². The van der Waals surface area contributed by atoms with Gasteiger partial charge in [-0.25, -0.2) is 13.2 Å². The summed E-state index contributed by atoms with van der Waals surface area (Å²) in [5.41, 5.74) is -1.01. The molecule has 0 spiro atoms. The van der Waals surface area contributed by atoms with Crippen LogP contribution in [0.15, 0.2) is 84.5 Å². The van der Waals surface area contributed by atoms with E-state index in [1.807, 2.05) is 0 Å². The van der Waals surface area contributed by atoms with E-state index in [2.05, 4.69) is 4.98 Å².